The maximum absolute atomic E-state index is 5.01. The van der Waals surface area contributed by atoms with Crippen LogP contribution in [0.25, 0.3) is 21.9 Å². The second kappa shape index (κ2) is 7.98. The van der Waals surface area contributed by atoms with Crippen LogP contribution in [0, 0.1) is 0 Å². The molecule has 0 unspecified atom stereocenters. The molecule has 3 aromatic carbocycles. The summed E-state index contributed by atoms with van der Waals surface area (Å²) in [6.07, 6.45) is 3.80. The summed E-state index contributed by atoms with van der Waals surface area (Å²) in [6, 6.07) is 38.3. The lowest BCUT2D eigenvalue weighted by molar-refractivity contribution is 0.545. The molecule has 4 heteroatoms. The van der Waals surface area contributed by atoms with Crippen molar-refractivity contribution in [1.29, 1.82) is 0 Å². The summed E-state index contributed by atoms with van der Waals surface area (Å²) in [5, 5.41) is 2.16. The zero-order valence-electron chi connectivity index (χ0n) is 17.8. The van der Waals surface area contributed by atoms with E-state index in [9.17, 15) is 0 Å². The molecule has 3 aromatic heterocycles. The molecule has 0 aliphatic rings. The van der Waals surface area contributed by atoms with Crippen LogP contribution in [0.2, 0.25) is 0 Å². The highest BCUT2D eigenvalue weighted by molar-refractivity contribution is 9.10. The SMILES string of the molecule is Brc1ccc2c3cnccc3n(C(c3ccccc3)(c3ccccc3)c3ccccc3)c2n1. The van der Waals surface area contributed by atoms with E-state index in [-0.39, 0.29) is 0 Å². The summed E-state index contributed by atoms with van der Waals surface area (Å²) in [5.41, 5.74) is 4.85. The highest BCUT2D eigenvalue weighted by Gasteiger charge is 2.40. The van der Waals surface area contributed by atoms with Gasteiger partial charge in [-0.05, 0) is 50.8 Å². The van der Waals surface area contributed by atoms with Crippen molar-refractivity contribution < 1.29 is 0 Å². The Morgan fingerprint density at radius 1 is 0.606 bits per heavy atom. The number of halogens is 1. The molecule has 0 atom stereocenters. The van der Waals surface area contributed by atoms with Gasteiger partial charge >= 0.3 is 0 Å². The van der Waals surface area contributed by atoms with Crippen molar-refractivity contribution in [1.82, 2.24) is 14.5 Å². The van der Waals surface area contributed by atoms with E-state index in [1.807, 2.05) is 18.5 Å². The number of hydrogen-bond donors (Lipinski definition) is 0. The maximum atomic E-state index is 5.01. The van der Waals surface area contributed by atoms with E-state index in [1.54, 1.807) is 0 Å². The van der Waals surface area contributed by atoms with Gasteiger partial charge in [-0.15, -0.1) is 0 Å². The Balaban J connectivity index is 1.90. The van der Waals surface area contributed by atoms with Crippen LogP contribution < -0.4 is 0 Å². The van der Waals surface area contributed by atoms with Crippen molar-refractivity contribution >= 4 is 37.9 Å². The van der Waals surface area contributed by atoms with E-state index < -0.39 is 5.54 Å². The Labute approximate surface area is 200 Å². The molecule has 0 bridgehead atoms. The quantitative estimate of drug-likeness (QED) is 0.194. The summed E-state index contributed by atoms with van der Waals surface area (Å²) >= 11 is 3.62. The van der Waals surface area contributed by atoms with E-state index in [0.29, 0.717) is 0 Å². The zero-order chi connectivity index (χ0) is 22.3. The lowest BCUT2D eigenvalue weighted by Gasteiger charge is -2.38. The fourth-order valence-electron chi connectivity index (χ4n) is 4.97. The van der Waals surface area contributed by atoms with E-state index in [1.165, 1.54) is 16.7 Å². The second-order valence-corrected chi connectivity index (χ2v) is 8.85. The summed E-state index contributed by atoms with van der Waals surface area (Å²) in [5.74, 6) is 0. The fraction of sp³-hybridized carbons (Fsp3) is 0.0345. The number of pyridine rings is 2. The highest BCUT2D eigenvalue weighted by atomic mass is 79.9. The van der Waals surface area contributed by atoms with Crippen LogP contribution in [-0.2, 0) is 5.54 Å². The minimum absolute atomic E-state index is 0.640. The molecule has 0 saturated heterocycles. The molecule has 0 spiro atoms. The molecule has 6 aromatic rings. The lowest BCUT2D eigenvalue weighted by Crippen LogP contribution is -2.37. The molecule has 3 heterocycles. The van der Waals surface area contributed by atoms with E-state index in [2.05, 4.69) is 129 Å². The van der Waals surface area contributed by atoms with Crippen molar-refractivity contribution in [2.45, 2.75) is 5.54 Å². The van der Waals surface area contributed by atoms with Crippen LogP contribution in [0.3, 0.4) is 0 Å². The van der Waals surface area contributed by atoms with Gasteiger partial charge in [-0.2, -0.15) is 0 Å². The maximum Gasteiger partial charge on any atom is 0.143 e. The van der Waals surface area contributed by atoms with Gasteiger partial charge in [0, 0.05) is 23.2 Å². The Morgan fingerprint density at radius 2 is 1.15 bits per heavy atom. The van der Waals surface area contributed by atoms with Gasteiger partial charge in [0.05, 0.1) is 5.52 Å². The Kier molecular flexibility index (Phi) is 4.81. The first-order valence-electron chi connectivity index (χ1n) is 10.9. The molecule has 0 amide bonds. The second-order valence-electron chi connectivity index (χ2n) is 8.04. The predicted octanol–water partition coefficient (Wildman–Crippen LogP) is 7.19. The number of hydrogen-bond acceptors (Lipinski definition) is 2. The van der Waals surface area contributed by atoms with Crippen molar-refractivity contribution in [3.8, 4) is 0 Å². The molecular weight excluding hydrogens is 470 g/mol. The van der Waals surface area contributed by atoms with Crippen LogP contribution in [-0.4, -0.2) is 14.5 Å². The average Bonchev–Trinajstić information content (AvgIpc) is 3.20. The number of benzene rings is 3. The van der Waals surface area contributed by atoms with Gasteiger partial charge in [-0.3, -0.25) is 4.98 Å². The summed E-state index contributed by atoms with van der Waals surface area (Å²) in [4.78, 5) is 9.45. The van der Waals surface area contributed by atoms with E-state index >= 15 is 0 Å². The lowest BCUT2D eigenvalue weighted by atomic mass is 9.76. The topological polar surface area (TPSA) is 30.7 Å². The third kappa shape index (κ3) is 3.02. The Bertz CT molecular complexity index is 1460. The van der Waals surface area contributed by atoms with Gasteiger partial charge in [0.25, 0.3) is 0 Å². The summed E-state index contributed by atoms with van der Waals surface area (Å²) in [6.45, 7) is 0. The van der Waals surface area contributed by atoms with Gasteiger partial charge in [-0.25, -0.2) is 4.98 Å². The first-order valence-corrected chi connectivity index (χ1v) is 11.7. The third-order valence-corrected chi connectivity index (χ3v) is 6.73. The van der Waals surface area contributed by atoms with Gasteiger partial charge in [0.2, 0.25) is 0 Å². The predicted molar refractivity (Wildman–Crippen MR) is 137 cm³/mol. The Hall–Kier alpha value is -3.76. The molecule has 0 N–H and O–H groups in total. The van der Waals surface area contributed by atoms with Crippen LogP contribution in [0.4, 0.5) is 0 Å². The van der Waals surface area contributed by atoms with Crippen LogP contribution >= 0.6 is 15.9 Å². The molecule has 0 aliphatic carbocycles. The van der Waals surface area contributed by atoms with Crippen molar-refractivity contribution in [3.05, 3.63) is 143 Å². The van der Waals surface area contributed by atoms with Gasteiger partial charge < -0.3 is 4.57 Å². The fourth-order valence-corrected chi connectivity index (χ4v) is 5.27. The third-order valence-electron chi connectivity index (χ3n) is 6.29. The zero-order valence-corrected chi connectivity index (χ0v) is 19.4. The minimum Gasteiger partial charge on any atom is -0.307 e. The molecule has 0 radical (unpaired) electrons. The normalized spacial score (nSPS) is 11.8. The summed E-state index contributed by atoms with van der Waals surface area (Å²) < 4.78 is 3.18. The van der Waals surface area contributed by atoms with Crippen LogP contribution in [0.15, 0.2) is 126 Å². The van der Waals surface area contributed by atoms with E-state index in [4.69, 9.17) is 4.98 Å². The smallest absolute Gasteiger partial charge is 0.143 e. The highest BCUT2D eigenvalue weighted by Crippen LogP contribution is 2.45. The van der Waals surface area contributed by atoms with Gasteiger partial charge in [0.1, 0.15) is 15.8 Å². The molecule has 6 rings (SSSR count). The minimum atomic E-state index is -0.640. The van der Waals surface area contributed by atoms with Crippen molar-refractivity contribution in [2.24, 2.45) is 0 Å². The molecule has 0 saturated carbocycles. The Morgan fingerprint density at radius 3 is 1.70 bits per heavy atom. The largest absolute Gasteiger partial charge is 0.307 e. The summed E-state index contributed by atoms with van der Waals surface area (Å²) in [7, 11) is 0. The number of nitrogens with zero attached hydrogens (tertiary/aromatic N) is 3. The van der Waals surface area contributed by atoms with Crippen molar-refractivity contribution in [2.75, 3.05) is 0 Å². The van der Waals surface area contributed by atoms with E-state index in [0.717, 1.165) is 26.5 Å². The molecule has 0 aliphatic heterocycles. The van der Waals surface area contributed by atoms with Gasteiger partial charge in [-0.1, -0.05) is 91.0 Å². The molecule has 0 fully saturated rings. The number of aromatic nitrogens is 3. The first-order chi connectivity index (χ1) is 16.3. The number of rotatable bonds is 4. The van der Waals surface area contributed by atoms with Gasteiger partial charge in [0.15, 0.2) is 0 Å². The molecule has 158 valence electrons. The monoisotopic (exact) mass is 489 g/mol. The molecule has 33 heavy (non-hydrogen) atoms. The van der Waals surface area contributed by atoms with Crippen LogP contribution in [0.5, 0.6) is 0 Å². The number of fused-ring (bicyclic) bond motifs is 3. The standard InChI is InChI=1S/C29H20BrN3/c30-27-17-16-24-25-20-31-19-18-26(25)33(28(24)32-27)29(21-10-4-1-5-11-21,22-12-6-2-7-13-22)23-14-8-3-9-15-23/h1-20H. The average molecular weight is 490 g/mol. The molecule has 3 nitrogen and oxygen atoms in total. The van der Waals surface area contributed by atoms with Crippen molar-refractivity contribution in [3.63, 3.8) is 0 Å². The molecular formula is C29H20BrN3. The van der Waals surface area contributed by atoms with Crippen LogP contribution in [0.1, 0.15) is 16.7 Å². The first kappa shape index (κ1) is 19.9.